The zero-order chi connectivity index (χ0) is 23.0. The molecule has 0 N–H and O–H groups in total. The van der Waals surface area contributed by atoms with Crippen LogP contribution in [0.3, 0.4) is 0 Å². The van der Waals surface area contributed by atoms with E-state index in [-0.39, 0.29) is 11.5 Å². The maximum Gasteiger partial charge on any atom is 0.332 e. The quantitative estimate of drug-likeness (QED) is 0.645. The Hall–Kier alpha value is -3.20. The Balaban J connectivity index is 1.59. The Morgan fingerprint density at radius 3 is 2.31 bits per heavy atom. The molecule has 8 nitrogen and oxygen atoms in total. The van der Waals surface area contributed by atoms with Crippen molar-refractivity contribution in [1.82, 2.24) is 4.90 Å². The number of carbonyl (C=O) groups is 3. The minimum Gasteiger partial charge on any atom is -0.307 e. The maximum atomic E-state index is 13.3. The van der Waals surface area contributed by atoms with E-state index in [1.165, 1.54) is 9.80 Å². The number of benzene rings is 2. The third kappa shape index (κ3) is 4.12. The zero-order valence-corrected chi connectivity index (χ0v) is 18.8. The van der Waals surface area contributed by atoms with Gasteiger partial charge >= 0.3 is 6.03 Å². The number of anilines is 2. The minimum atomic E-state index is -3.24. The van der Waals surface area contributed by atoms with Crippen LogP contribution in [-0.2, 0) is 19.4 Å². The van der Waals surface area contributed by atoms with Gasteiger partial charge in [-0.15, -0.1) is 0 Å². The smallest absolute Gasteiger partial charge is 0.307 e. The topological polar surface area (TPSA) is 95.1 Å². The molecule has 2 aromatic carbocycles. The van der Waals surface area contributed by atoms with Crippen LogP contribution in [0.25, 0.3) is 0 Å². The minimum absolute atomic E-state index is 0.00803. The first-order valence-corrected chi connectivity index (χ1v) is 12.3. The van der Waals surface area contributed by atoms with Crippen LogP contribution in [0.2, 0.25) is 0 Å². The van der Waals surface area contributed by atoms with Gasteiger partial charge < -0.3 is 4.90 Å². The van der Waals surface area contributed by atoms with Crippen LogP contribution in [0.5, 0.6) is 0 Å². The summed E-state index contributed by atoms with van der Waals surface area (Å²) in [6.07, 6.45) is 0.316. The molecule has 2 aromatic rings. The van der Waals surface area contributed by atoms with Crippen molar-refractivity contribution in [2.24, 2.45) is 0 Å². The van der Waals surface area contributed by atoms with Crippen molar-refractivity contribution in [3.63, 3.8) is 0 Å². The molecule has 4 amide bonds. The van der Waals surface area contributed by atoms with Gasteiger partial charge in [-0.25, -0.2) is 13.2 Å². The normalized spacial score (nSPS) is 22.4. The first kappa shape index (κ1) is 22.0. The molecule has 0 radical (unpaired) electrons. The number of hydrogen-bond donors (Lipinski definition) is 0. The summed E-state index contributed by atoms with van der Waals surface area (Å²) in [5, 5.41) is 0. The number of amides is 4. The summed E-state index contributed by atoms with van der Waals surface area (Å²) in [5.41, 5.74) is 2.15. The van der Waals surface area contributed by atoms with Crippen molar-refractivity contribution >= 4 is 39.1 Å². The largest absolute Gasteiger partial charge is 0.332 e. The van der Waals surface area contributed by atoms with Crippen LogP contribution < -0.4 is 9.80 Å². The van der Waals surface area contributed by atoms with E-state index in [2.05, 4.69) is 0 Å². The number of imide groups is 1. The van der Waals surface area contributed by atoms with E-state index in [9.17, 15) is 22.8 Å². The highest BCUT2D eigenvalue weighted by molar-refractivity contribution is 7.91. The van der Waals surface area contributed by atoms with Crippen molar-refractivity contribution in [3.05, 3.63) is 60.2 Å². The Morgan fingerprint density at radius 2 is 1.72 bits per heavy atom. The van der Waals surface area contributed by atoms with Gasteiger partial charge in [-0.1, -0.05) is 35.9 Å². The standard InChI is InChI=1S/C23H25N3O5S/c1-16-8-10-19(11-9-16)25-17(2)22(28)24(23(25)29)14-21(27)26(18-6-4-3-5-7-18)20-12-13-32(30,31)15-20/h3-11,17,20H,12-15H2,1-2H3/t17-,20+/m0/s1. The molecular formula is C23H25N3O5S. The monoisotopic (exact) mass is 455 g/mol. The Kier molecular flexibility index (Phi) is 5.77. The van der Waals surface area contributed by atoms with E-state index in [0.717, 1.165) is 10.5 Å². The summed E-state index contributed by atoms with van der Waals surface area (Å²) in [6.45, 7) is 3.11. The predicted octanol–water partition coefficient (Wildman–Crippen LogP) is 2.37. The summed E-state index contributed by atoms with van der Waals surface area (Å²) in [7, 11) is -3.24. The molecule has 0 aliphatic carbocycles. The van der Waals surface area contributed by atoms with E-state index in [0.29, 0.717) is 17.8 Å². The highest BCUT2D eigenvalue weighted by Gasteiger charge is 2.45. The van der Waals surface area contributed by atoms with E-state index in [1.807, 2.05) is 19.1 Å². The lowest BCUT2D eigenvalue weighted by Crippen LogP contribution is -2.48. The highest BCUT2D eigenvalue weighted by Crippen LogP contribution is 2.28. The molecule has 168 valence electrons. The second-order valence-electron chi connectivity index (χ2n) is 8.24. The van der Waals surface area contributed by atoms with Crippen LogP contribution >= 0.6 is 0 Å². The van der Waals surface area contributed by atoms with Gasteiger partial charge in [-0.05, 0) is 44.5 Å². The molecule has 2 aliphatic heterocycles. The number of carbonyl (C=O) groups excluding carboxylic acids is 3. The lowest BCUT2D eigenvalue weighted by atomic mass is 10.1. The molecule has 0 unspecified atom stereocenters. The van der Waals surface area contributed by atoms with Crippen LogP contribution in [-0.4, -0.2) is 61.3 Å². The molecule has 32 heavy (non-hydrogen) atoms. The van der Waals surface area contributed by atoms with Crippen LogP contribution in [0.15, 0.2) is 54.6 Å². The lowest BCUT2D eigenvalue weighted by Gasteiger charge is -2.29. The molecule has 2 fully saturated rings. The van der Waals surface area contributed by atoms with Gasteiger partial charge in [0.1, 0.15) is 12.6 Å². The summed E-state index contributed by atoms with van der Waals surface area (Å²) in [5.74, 6) is -1.08. The fourth-order valence-corrected chi connectivity index (χ4v) is 5.95. The van der Waals surface area contributed by atoms with Gasteiger partial charge in [0.2, 0.25) is 5.91 Å². The Bertz CT molecular complexity index is 1150. The van der Waals surface area contributed by atoms with Crippen molar-refractivity contribution in [1.29, 1.82) is 0 Å². The Morgan fingerprint density at radius 1 is 1.06 bits per heavy atom. The molecule has 4 rings (SSSR count). The summed E-state index contributed by atoms with van der Waals surface area (Å²) >= 11 is 0. The number of nitrogens with zero attached hydrogens (tertiary/aromatic N) is 3. The number of para-hydroxylation sites is 1. The zero-order valence-electron chi connectivity index (χ0n) is 18.0. The molecule has 2 saturated heterocycles. The van der Waals surface area contributed by atoms with Gasteiger partial charge in [0.15, 0.2) is 9.84 Å². The maximum absolute atomic E-state index is 13.3. The van der Waals surface area contributed by atoms with Crippen LogP contribution in [0, 0.1) is 6.92 Å². The van der Waals surface area contributed by atoms with E-state index in [1.54, 1.807) is 49.4 Å². The number of rotatable bonds is 5. The molecule has 0 bridgehead atoms. The number of sulfone groups is 1. The molecule has 2 aliphatic rings. The summed E-state index contributed by atoms with van der Waals surface area (Å²) in [4.78, 5) is 43.1. The van der Waals surface area contributed by atoms with Gasteiger partial charge in [-0.3, -0.25) is 19.4 Å². The molecule has 9 heteroatoms. The van der Waals surface area contributed by atoms with Gasteiger partial charge in [0.05, 0.1) is 17.5 Å². The third-order valence-electron chi connectivity index (χ3n) is 5.93. The first-order chi connectivity index (χ1) is 15.2. The molecule has 2 atom stereocenters. The lowest BCUT2D eigenvalue weighted by molar-refractivity contribution is -0.131. The van der Waals surface area contributed by atoms with Crippen molar-refractivity contribution in [2.75, 3.05) is 27.9 Å². The third-order valence-corrected chi connectivity index (χ3v) is 7.68. The first-order valence-electron chi connectivity index (χ1n) is 10.5. The summed E-state index contributed by atoms with van der Waals surface area (Å²) in [6, 6.07) is 14.1. The number of hydrogen-bond acceptors (Lipinski definition) is 5. The van der Waals surface area contributed by atoms with E-state index >= 15 is 0 Å². The van der Waals surface area contributed by atoms with Crippen molar-refractivity contribution in [3.8, 4) is 0 Å². The molecule has 0 aromatic heterocycles. The van der Waals surface area contributed by atoms with Gasteiger partial charge in [-0.2, -0.15) is 0 Å². The molecular weight excluding hydrogens is 430 g/mol. The second kappa shape index (κ2) is 8.38. The van der Waals surface area contributed by atoms with E-state index in [4.69, 9.17) is 0 Å². The number of urea groups is 1. The second-order valence-corrected chi connectivity index (χ2v) is 10.5. The Labute approximate surface area is 187 Å². The van der Waals surface area contributed by atoms with Crippen molar-refractivity contribution < 1.29 is 22.8 Å². The average molecular weight is 456 g/mol. The summed E-state index contributed by atoms with van der Waals surface area (Å²) < 4.78 is 24.1. The van der Waals surface area contributed by atoms with Gasteiger partial charge in [0, 0.05) is 11.4 Å². The number of aryl methyl sites for hydroxylation is 1. The highest BCUT2D eigenvalue weighted by atomic mass is 32.2. The molecule has 0 spiro atoms. The van der Waals surface area contributed by atoms with Crippen LogP contribution in [0.4, 0.5) is 16.2 Å². The predicted molar refractivity (Wildman–Crippen MR) is 121 cm³/mol. The van der Waals surface area contributed by atoms with Crippen LogP contribution in [0.1, 0.15) is 18.9 Å². The van der Waals surface area contributed by atoms with E-state index < -0.39 is 46.3 Å². The van der Waals surface area contributed by atoms with Crippen molar-refractivity contribution in [2.45, 2.75) is 32.4 Å². The van der Waals surface area contributed by atoms with Gasteiger partial charge in [0.25, 0.3) is 5.91 Å². The fraction of sp³-hybridized carbons (Fsp3) is 0.348. The molecule has 0 saturated carbocycles. The molecule has 2 heterocycles. The SMILES string of the molecule is Cc1ccc(N2C(=O)N(CC(=O)N(c3ccccc3)[C@@H]3CCS(=O)(=O)C3)C(=O)[C@@H]2C)cc1. The average Bonchev–Trinajstić information content (AvgIpc) is 3.21. The fourth-order valence-electron chi connectivity index (χ4n) is 4.25.